The number of alkyl halides is 3. The van der Waals surface area contributed by atoms with Crippen molar-refractivity contribution in [3.05, 3.63) is 135 Å². The van der Waals surface area contributed by atoms with Gasteiger partial charge in [0.25, 0.3) is 5.91 Å². The molecule has 0 bridgehead atoms. The molecule has 65 heavy (non-hydrogen) atoms. The van der Waals surface area contributed by atoms with E-state index in [4.69, 9.17) is 16.3 Å². The highest BCUT2D eigenvalue weighted by molar-refractivity contribution is 6.49. The number of ether oxygens (including phenoxy) is 1. The van der Waals surface area contributed by atoms with E-state index < -0.39 is 89.1 Å². The van der Waals surface area contributed by atoms with Gasteiger partial charge in [0, 0.05) is 52.6 Å². The fourth-order valence-electron chi connectivity index (χ4n) is 6.79. The molecule has 5 aromatic rings. The Labute approximate surface area is 370 Å². The molecule has 7 rings (SSSR count). The van der Waals surface area contributed by atoms with Crippen molar-refractivity contribution in [3.8, 4) is 6.01 Å². The lowest BCUT2D eigenvalue weighted by atomic mass is 9.82. The Kier molecular flexibility index (Phi) is 13.9. The Bertz CT molecular complexity index is 2590. The summed E-state index contributed by atoms with van der Waals surface area (Å²) in [6.07, 6.45) is -3.53. The summed E-state index contributed by atoms with van der Waals surface area (Å²) in [4.78, 5) is 64.2. The van der Waals surface area contributed by atoms with Crippen LogP contribution in [-0.2, 0) is 33.0 Å². The van der Waals surface area contributed by atoms with E-state index >= 15 is 0 Å². The van der Waals surface area contributed by atoms with E-state index in [0.717, 1.165) is 23.8 Å². The third-order valence-corrected chi connectivity index (χ3v) is 10.7. The molecule has 4 aromatic carbocycles. The summed E-state index contributed by atoms with van der Waals surface area (Å²) in [6.45, 7) is -2.39. The Hall–Kier alpha value is -6.71. The van der Waals surface area contributed by atoms with Gasteiger partial charge in [-0.3, -0.25) is 19.2 Å². The fourth-order valence-corrected chi connectivity index (χ4v) is 6.92. The fraction of sp³-hybridized carbons (Fsp3) is 0.279. The predicted octanol–water partition coefficient (Wildman–Crippen LogP) is 5.94. The number of halogens is 8. The van der Waals surface area contributed by atoms with E-state index in [0.29, 0.717) is 30.0 Å². The van der Waals surface area contributed by atoms with Crippen LogP contribution in [0.2, 0.25) is 5.02 Å². The second-order valence-electron chi connectivity index (χ2n) is 15.1. The van der Waals surface area contributed by atoms with Crippen molar-refractivity contribution in [1.29, 1.82) is 0 Å². The molecule has 6 N–H and O–H groups in total. The van der Waals surface area contributed by atoms with Gasteiger partial charge in [0.1, 0.15) is 29.3 Å². The van der Waals surface area contributed by atoms with Crippen LogP contribution >= 0.6 is 11.6 Å². The maximum atomic E-state index is 14.4. The average Bonchev–Trinajstić information content (AvgIpc) is 4.05. The summed E-state index contributed by atoms with van der Waals surface area (Å²) in [6, 6.07) is 14.2. The molecule has 2 aliphatic rings. The van der Waals surface area contributed by atoms with Gasteiger partial charge < -0.3 is 36.6 Å². The molecule has 340 valence electrons. The first-order valence-corrected chi connectivity index (χ1v) is 20.2. The largest absolute Gasteiger partial charge is 0.454 e. The second-order valence-corrected chi connectivity index (χ2v) is 15.5. The molecule has 2 saturated carbocycles. The van der Waals surface area contributed by atoms with Gasteiger partial charge in [0.15, 0.2) is 6.61 Å². The Morgan fingerprint density at radius 3 is 1.97 bits per heavy atom. The van der Waals surface area contributed by atoms with Crippen LogP contribution in [0.3, 0.4) is 0 Å². The van der Waals surface area contributed by atoms with Crippen molar-refractivity contribution in [2.45, 2.75) is 62.2 Å². The summed E-state index contributed by atoms with van der Waals surface area (Å²) in [7, 11) is 0. The first-order valence-electron chi connectivity index (χ1n) is 19.8. The normalized spacial score (nSPS) is 16.9. The number of rotatable bonds is 19. The molecule has 1 aromatic heterocycles. The number of ketones is 2. The third-order valence-electron chi connectivity index (χ3n) is 10.4. The van der Waals surface area contributed by atoms with E-state index in [1.165, 1.54) is 30.3 Å². The lowest BCUT2D eigenvalue weighted by molar-refractivity contribution is -0.154. The lowest BCUT2D eigenvalue weighted by Crippen LogP contribution is -2.69. The zero-order chi connectivity index (χ0) is 46.5. The van der Waals surface area contributed by atoms with Crippen molar-refractivity contribution < 1.29 is 54.6 Å². The number of nitrogens with one attached hydrogen (secondary N) is 6. The van der Waals surface area contributed by atoms with Gasteiger partial charge in [-0.2, -0.15) is 28.1 Å². The van der Waals surface area contributed by atoms with Crippen molar-refractivity contribution in [1.82, 2.24) is 36.2 Å². The summed E-state index contributed by atoms with van der Waals surface area (Å²) in [5.74, 6) is -6.79. The minimum absolute atomic E-state index is 0.0359. The van der Waals surface area contributed by atoms with Crippen LogP contribution in [0.25, 0.3) is 0 Å². The van der Waals surface area contributed by atoms with Crippen molar-refractivity contribution >= 4 is 52.6 Å². The highest BCUT2D eigenvalue weighted by Crippen LogP contribution is 2.48. The number of hydrogen-bond acceptors (Lipinski definition) is 12. The summed E-state index contributed by atoms with van der Waals surface area (Å²) in [5, 5.41) is 17.2. The Morgan fingerprint density at radius 2 is 1.37 bits per heavy atom. The van der Waals surface area contributed by atoms with Crippen molar-refractivity contribution in [2.75, 3.05) is 23.8 Å². The zero-order valence-electron chi connectivity index (χ0n) is 33.7. The monoisotopic (exact) mass is 927 g/mol. The number of amides is 2. The highest BCUT2D eigenvalue weighted by Gasteiger charge is 2.48. The van der Waals surface area contributed by atoms with Crippen LogP contribution in [-0.4, -0.2) is 75.8 Å². The van der Waals surface area contributed by atoms with Crippen LogP contribution in [0, 0.1) is 23.3 Å². The zero-order valence-corrected chi connectivity index (χ0v) is 34.4. The van der Waals surface area contributed by atoms with Gasteiger partial charge in [0.05, 0.1) is 17.6 Å². The second kappa shape index (κ2) is 19.6. The minimum atomic E-state index is -4.69. The number of aromatic nitrogens is 3. The predicted molar refractivity (Wildman–Crippen MR) is 220 cm³/mol. The van der Waals surface area contributed by atoms with Crippen molar-refractivity contribution in [3.63, 3.8) is 0 Å². The molecule has 1 heterocycles. The minimum Gasteiger partial charge on any atom is -0.454 e. The van der Waals surface area contributed by atoms with Gasteiger partial charge in [-0.15, -0.1) is 0 Å². The standard InChI is InChI=1S/C43H37ClF7N9O5/c44-26-7-5-25(6-8-26)42(14-15-42)60-40-57-39(58-41(59-40)65-21-43(49,50)51)55-29-11-3-22(4-12-29)37(63)56-32(38(64)54-20-24-2-10-28(46)18-31(24)48)13-16-52-33-34(36(62)35(33)61)53-19-23-1-9-27(45)17-30(23)47/h1-12,17-18,32-34,52-53H,13-16,19-21H2,(H,54,64)(H,56,63)(H2,55,57,58,59,60). The molecule has 0 radical (unpaired) electrons. The molecule has 3 atom stereocenters. The molecule has 14 nitrogen and oxygen atoms in total. The number of carbonyl (C=O) groups is 4. The number of nitrogens with zero attached hydrogens (tertiary/aromatic N) is 3. The quantitative estimate of drug-likeness (QED) is 0.0424. The van der Waals surface area contributed by atoms with Gasteiger partial charge in [0.2, 0.25) is 29.4 Å². The van der Waals surface area contributed by atoms with Crippen LogP contribution in [0.15, 0.2) is 84.9 Å². The third kappa shape index (κ3) is 11.9. The topological polar surface area (TPSA) is 188 Å². The molecule has 3 unspecified atom stereocenters. The number of anilines is 3. The van der Waals surface area contributed by atoms with Crippen LogP contribution < -0.4 is 36.6 Å². The summed E-state index contributed by atoms with van der Waals surface area (Å²) >= 11 is 6.04. The smallest absolute Gasteiger partial charge is 0.422 e. The van der Waals surface area contributed by atoms with Crippen LogP contribution in [0.1, 0.15) is 46.3 Å². The van der Waals surface area contributed by atoms with Crippen LogP contribution in [0.5, 0.6) is 6.01 Å². The maximum Gasteiger partial charge on any atom is 0.422 e. The number of hydrogen-bond donors (Lipinski definition) is 6. The highest BCUT2D eigenvalue weighted by atomic mass is 35.5. The molecule has 0 aliphatic heterocycles. The summed E-state index contributed by atoms with van der Waals surface area (Å²) in [5.41, 5.74) is 0.558. The molecule has 22 heteroatoms. The average molecular weight is 928 g/mol. The SMILES string of the molecule is O=C(NC(CCNC1C(=O)C(=O)C1NCc1ccc(F)cc1F)C(=O)NCc1ccc(F)cc1F)c1ccc(Nc2nc(NC3(c4ccc(Cl)cc4)CC3)nc(OCC(F)(F)F)n2)cc1. The molecule has 0 saturated heterocycles. The number of carbonyl (C=O) groups excluding carboxylic acids is 4. The molecule has 2 amide bonds. The Balaban J connectivity index is 1.02. The number of benzene rings is 4. The van der Waals surface area contributed by atoms with E-state index in [2.05, 4.69) is 46.9 Å². The number of Topliss-reactive ketones (excluding diaryl/α,β-unsaturated/α-hetero) is 2. The lowest BCUT2D eigenvalue weighted by Gasteiger charge is -2.34. The van der Waals surface area contributed by atoms with Gasteiger partial charge in [-0.25, -0.2) is 17.6 Å². The molecular weight excluding hydrogens is 891 g/mol. The van der Waals surface area contributed by atoms with E-state index in [1.807, 2.05) is 0 Å². The molecular formula is C43H37ClF7N9O5. The van der Waals surface area contributed by atoms with Crippen molar-refractivity contribution in [2.24, 2.45) is 0 Å². The van der Waals surface area contributed by atoms with Gasteiger partial charge in [-0.1, -0.05) is 35.9 Å². The first kappa shape index (κ1) is 46.3. The maximum absolute atomic E-state index is 14.4. The van der Waals surface area contributed by atoms with E-state index in [9.17, 15) is 49.9 Å². The van der Waals surface area contributed by atoms with Gasteiger partial charge in [-0.05, 0) is 79.9 Å². The molecule has 0 spiro atoms. The Morgan fingerprint density at radius 1 is 0.769 bits per heavy atom. The summed E-state index contributed by atoms with van der Waals surface area (Å²) < 4.78 is 99.4. The first-order chi connectivity index (χ1) is 30.9. The molecule has 2 fully saturated rings. The van der Waals surface area contributed by atoms with E-state index in [-0.39, 0.29) is 60.3 Å². The van der Waals surface area contributed by atoms with Crippen LogP contribution in [0.4, 0.5) is 48.3 Å². The van der Waals surface area contributed by atoms with Gasteiger partial charge >= 0.3 is 12.2 Å². The molecule has 2 aliphatic carbocycles. The van der Waals surface area contributed by atoms with E-state index in [1.54, 1.807) is 24.3 Å².